The summed E-state index contributed by atoms with van der Waals surface area (Å²) < 4.78 is 25.5. The van der Waals surface area contributed by atoms with Crippen LogP contribution in [0.15, 0.2) is 0 Å². The number of thiol groups is 1. The molecule has 0 aromatic carbocycles. The molecule has 0 aliphatic rings. The van der Waals surface area contributed by atoms with Gasteiger partial charge in [-0.2, -0.15) is 8.42 Å². The SMILES string of the molecule is O.O=S(=O)(O)S.[KH].[NaH]. The molecule has 44 valence electrons. The van der Waals surface area contributed by atoms with Gasteiger partial charge in [0.2, 0.25) is 0 Å². The number of hydrogen-bond donors (Lipinski definition) is 2. The summed E-state index contributed by atoms with van der Waals surface area (Å²) in [5.74, 6) is 0. The summed E-state index contributed by atoms with van der Waals surface area (Å²) in [6.07, 6.45) is 0. The van der Waals surface area contributed by atoms with Crippen molar-refractivity contribution in [3.05, 3.63) is 0 Å². The molecule has 0 saturated heterocycles. The van der Waals surface area contributed by atoms with Crippen LogP contribution in [0.4, 0.5) is 0 Å². The first-order valence-electron chi connectivity index (χ1n) is 0.698. The van der Waals surface area contributed by atoms with Gasteiger partial charge in [-0.15, -0.1) is 0 Å². The van der Waals surface area contributed by atoms with Gasteiger partial charge in [0.15, 0.2) is 0 Å². The summed E-state index contributed by atoms with van der Waals surface area (Å²) in [6, 6.07) is 0. The van der Waals surface area contributed by atoms with E-state index in [1.807, 2.05) is 0 Å². The molecule has 0 aliphatic heterocycles. The molecule has 0 unspecified atom stereocenters. The Hall–Kier alpha value is 2.86. The Kier molecular flexibility index (Phi) is 27.6. The Bertz CT molecular complexity index is 97.2. The van der Waals surface area contributed by atoms with E-state index in [-0.39, 0.29) is 86.4 Å². The van der Waals surface area contributed by atoms with Crippen molar-refractivity contribution in [3.8, 4) is 0 Å². The molecule has 0 fully saturated rings. The molecular weight excluding hydrogens is 190 g/mol. The second-order valence-corrected chi connectivity index (χ2v) is 2.73. The maximum absolute atomic E-state index is 9.05. The van der Waals surface area contributed by atoms with Crippen LogP contribution in [0.5, 0.6) is 0 Å². The molecule has 0 saturated carbocycles. The molecule has 0 spiro atoms. The molecule has 0 amide bonds. The van der Waals surface area contributed by atoms with E-state index in [1.165, 1.54) is 0 Å². The molecule has 8 heavy (non-hydrogen) atoms. The second-order valence-electron chi connectivity index (χ2n) is 0.448. The van der Waals surface area contributed by atoms with Gasteiger partial charge in [0.1, 0.15) is 0 Å². The Labute approximate surface area is 117 Å². The van der Waals surface area contributed by atoms with Gasteiger partial charge in [-0.05, 0) is 11.7 Å². The first-order chi connectivity index (χ1) is 2.00. The molecule has 0 aromatic rings. The summed E-state index contributed by atoms with van der Waals surface area (Å²) in [4.78, 5) is 0. The zero-order valence-electron chi connectivity index (χ0n) is 2.62. The fourth-order valence-electron chi connectivity index (χ4n) is 0. The van der Waals surface area contributed by atoms with Crippen molar-refractivity contribution < 1.29 is 18.4 Å². The average molecular weight is 196 g/mol. The fraction of sp³-hybridized carbons (Fsp3) is 0. The van der Waals surface area contributed by atoms with Crippen molar-refractivity contribution in [2.24, 2.45) is 0 Å². The van der Waals surface area contributed by atoms with Crippen LogP contribution in [-0.4, -0.2) is 99.4 Å². The van der Waals surface area contributed by atoms with E-state index in [4.69, 9.17) is 13.0 Å². The predicted molar refractivity (Wildman–Crippen MR) is 38.4 cm³/mol. The van der Waals surface area contributed by atoms with Gasteiger partial charge in [-0.25, -0.2) is 0 Å². The molecule has 0 aromatic heterocycles. The van der Waals surface area contributed by atoms with Gasteiger partial charge in [0.25, 0.3) is 0 Å². The Morgan fingerprint density at radius 1 is 1.38 bits per heavy atom. The van der Waals surface area contributed by atoms with Crippen LogP contribution in [0.3, 0.4) is 0 Å². The third-order valence-corrected chi connectivity index (χ3v) is 0. The topological polar surface area (TPSA) is 85.9 Å². The second kappa shape index (κ2) is 9.86. The quantitative estimate of drug-likeness (QED) is 0.196. The summed E-state index contributed by atoms with van der Waals surface area (Å²) >= 11 is 2.65. The molecule has 8 heteroatoms. The van der Waals surface area contributed by atoms with Crippen LogP contribution in [-0.2, 0) is 9.15 Å². The van der Waals surface area contributed by atoms with Gasteiger partial charge in [0, 0.05) is 0 Å². The molecule has 0 rings (SSSR count). The first-order valence-corrected chi connectivity index (χ1v) is 3.19. The third kappa shape index (κ3) is 67.0. The molecule has 0 radical (unpaired) electrons. The van der Waals surface area contributed by atoms with Gasteiger partial charge >= 0.3 is 90.1 Å². The van der Waals surface area contributed by atoms with Crippen LogP contribution >= 0.6 is 11.7 Å². The monoisotopic (exact) mass is 196 g/mol. The third-order valence-electron chi connectivity index (χ3n) is 0. The van der Waals surface area contributed by atoms with Crippen molar-refractivity contribution in [2.45, 2.75) is 0 Å². The van der Waals surface area contributed by atoms with Gasteiger partial charge in [-0.3, -0.25) is 4.55 Å². The summed E-state index contributed by atoms with van der Waals surface area (Å²) in [6.45, 7) is 0. The minimum atomic E-state index is -3.97. The van der Waals surface area contributed by atoms with Crippen LogP contribution in [0, 0.1) is 0 Å². The zero-order valence-corrected chi connectivity index (χ0v) is 4.33. The van der Waals surface area contributed by atoms with Gasteiger partial charge in [-0.1, -0.05) is 0 Å². The van der Waals surface area contributed by atoms with E-state index in [0.29, 0.717) is 0 Å². The van der Waals surface area contributed by atoms with E-state index in [0.717, 1.165) is 0 Å². The Morgan fingerprint density at radius 3 is 1.38 bits per heavy atom. The van der Waals surface area contributed by atoms with Crippen molar-refractivity contribution in [1.82, 2.24) is 0 Å². The number of rotatable bonds is 0. The van der Waals surface area contributed by atoms with Gasteiger partial charge < -0.3 is 5.48 Å². The Balaban J connectivity index is -0.0000000267. The number of hydrogen-bond acceptors (Lipinski definition) is 2. The zero-order chi connectivity index (χ0) is 4.50. The van der Waals surface area contributed by atoms with E-state index < -0.39 is 9.15 Å². The summed E-state index contributed by atoms with van der Waals surface area (Å²) in [5, 5.41) is 0. The van der Waals surface area contributed by atoms with E-state index in [9.17, 15) is 0 Å². The minimum absolute atomic E-state index is 0. The van der Waals surface area contributed by atoms with Crippen LogP contribution < -0.4 is 0 Å². The molecule has 0 bridgehead atoms. The van der Waals surface area contributed by atoms with Crippen molar-refractivity contribution in [1.29, 1.82) is 0 Å². The molecule has 0 aliphatic carbocycles. The fourth-order valence-corrected chi connectivity index (χ4v) is 0. The molecular formula is H6KNaO4S2. The molecule has 3 N–H and O–H groups in total. The molecule has 0 atom stereocenters. The standard InChI is InChI=1S/K.Na.H2O3S2.H2O.2H/c;;1-5(2,3)4;;;/h;;(H2,1,2,3,4);1H2;;. The summed E-state index contributed by atoms with van der Waals surface area (Å²) in [7, 11) is -3.97. The van der Waals surface area contributed by atoms with E-state index in [1.54, 1.807) is 0 Å². The van der Waals surface area contributed by atoms with Crippen molar-refractivity contribution in [3.63, 3.8) is 0 Å². The Morgan fingerprint density at radius 2 is 1.38 bits per heavy atom. The molecule has 4 nitrogen and oxygen atoms in total. The summed E-state index contributed by atoms with van der Waals surface area (Å²) in [5.41, 5.74) is 0. The first kappa shape index (κ1) is 22.4. The predicted octanol–water partition coefficient (Wildman–Crippen LogP) is -2.40. The van der Waals surface area contributed by atoms with Crippen LogP contribution in [0.1, 0.15) is 0 Å². The average Bonchev–Trinajstić information content (AvgIpc) is 0.722. The normalized spacial score (nSPS) is 7.25. The van der Waals surface area contributed by atoms with E-state index in [2.05, 4.69) is 11.7 Å². The maximum atomic E-state index is 9.05. The van der Waals surface area contributed by atoms with Crippen LogP contribution in [0.2, 0.25) is 0 Å². The van der Waals surface area contributed by atoms with E-state index >= 15 is 0 Å². The van der Waals surface area contributed by atoms with Crippen molar-refractivity contribution in [2.75, 3.05) is 0 Å². The van der Waals surface area contributed by atoms with Gasteiger partial charge in [0.05, 0.1) is 0 Å². The van der Waals surface area contributed by atoms with Crippen LogP contribution in [0.25, 0.3) is 0 Å². The molecule has 0 heterocycles. The van der Waals surface area contributed by atoms with Crippen molar-refractivity contribution >= 4 is 102 Å².